The van der Waals surface area contributed by atoms with Gasteiger partial charge in [0.15, 0.2) is 0 Å². The molecular weight excluding hydrogens is 266 g/mol. The van der Waals surface area contributed by atoms with E-state index in [4.69, 9.17) is 4.74 Å². The highest BCUT2D eigenvalue weighted by molar-refractivity contribution is 5.78. The van der Waals surface area contributed by atoms with E-state index < -0.39 is 0 Å². The molecule has 1 amide bonds. The summed E-state index contributed by atoms with van der Waals surface area (Å²) in [6.07, 6.45) is 1.09. The summed E-state index contributed by atoms with van der Waals surface area (Å²) in [5.74, 6) is 0.417. The third kappa shape index (κ3) is 4.94. The van der Waals surface area contributed by atoms with Crippen LogP contribution in [0.5, 0.6) is 0 Å². The van der Waals surface area contributed by atoms with E-state index >= 15 is 0 Å². The molecule has 21 heavy (non-hydrogen) atoms. The molecule has 0 bridgehead atoms. The lowest BCUT2D eigenvalue weighted by Gasteiger charge is -2.31. The van der Waals surface area contributed by atoms with Crippen molar-refractivity contribution in [3.05, 3.63) is 0 Å². The maximum atomic E-state index is 12.7. The summed E-state index contributed by atoms with van der Waals surface area (Å²) >= 11 is 0. The maximum Gasteiger partial charge on any atom is 0.226 e. The summed E-state index contributed by atoms with van der Waals surface area (Å²) in [5, 5.41) is 0. The van der Waals surface area contributed by atoms with Crippen LogP contribution in [-0.2, 0) is 9.53 Å². The summed E-state index contributed by atoms with van der Waals surface area (Å²) in [6, 6.07) is 0.575. The Bertz CT molecular complexity index is 329. The predicted octanol–water partition coefficient (Wildman–Crippen LogP) is 0.897. The largest absolute Gasteiger partial charge is 0.379 e. The highest BCUT2D eigenvalue weighted by atomic mass is 16.5. The monoisotopic (exact) mass is 297 g/mol. The van der Waals surface area contributed by atoms with E-state index in [9.17, 15) is 4.79 Å². The lowest BCUT2D eigenvalue weighted by atomic mass is 10.1. The Kier molecular flexibility index (Phi) is 6.45. The molecule has 0 radical (unpaired) electrons. The molecule has 1 unspecified atom stereocenters. The van der Waals surface area contributed by atoms with Crippen molar-refractivity contribution in [2.24, 2.45) is 5.92 Å². The number of amides is 1. The van der Waals surface area contributed by atoms with Crippen molar-refractivity contribution in [2.75, 3.05) is 59.0 Å². The zero-order valence-corrected chi connectivity index (χ0v) is 13.9. The van der Waals surface area contributed by atoms with E-state index in [-0.39, 0.29) is 5.92 Å². The van der Waals surface area contributed by atoms with Crippen molar-refractivity contribution in [1.82, 2.24) is 14.7 Å². The van der Waals surface area contributed by atoms with E-state index in [0.717, 1.165) is 65.4 Å². The molecule has 2 heterocycles. The highest BCUT2D eigenvalue weighted by Gasteiger charge is 2.25. The van der Waals surface area contributed by atoms with Gasteiger partial charge in [-0.05, 0) is 20.3 Å². The van der Waals surface area contributed by atoms with E-state index in [0.29, 0.717) is 11.9 Å². The van der Waals surface area contributed by atoms with Gasteiger partial charge in [-0.1, -0.05) is 6.92 Å². The van der Waals surface area contributed by atoms with Gasteiger partial charge in [-0.25, -0.2) is 0 Å². The zero-order valence-electron chi connectivity index (χ0n) is 13.9. The zero-order chi connectivity index (χ0) is 15.2. The molecule has 5 heteroatoms. The van der Waals surface area contributed by atoms with Gasteiger partial charge in [0.05, 0.1) is 13.2 Å². The molecule has 0 saturated carbocycles. The van der Waals surface area contributed by atoms with Crippen LogP contribution in [0.1, 0.15) is 27.2 Å². The molecule has 1 atom stereocenters. The van der Waals surface area contributed by atoms with Gasteiger partial charge in [0.25, 0.3) is 0 Å². The topological polar surface area (TPSA) is 36.0 Å². The van der Waals surface area contributed by atoms with Crippen molar-refractivity contribution < 1.29 is 9.53 Å². The van der Waals surface area contributed by atoms with Gasteiger partial charge in [0.2, 0.25) is 5.91 Å². The fraction of sp³-hybridized carbons (Fsp3) is 0.938. The second-order valence-corrected chi connectivity index (χ2v) is 6.62. The average Bonchev–Trinajstić information content (AvgIpc) is 2.73. The SMILES string of the molecule is CC(CN1CCOCC1)C(=O)N1CCCN(C(C)C)CC1. The van der Waals surface area contributed by atoms with Crippen LogP contribution in [0.2, 0.25) is 0 Å². The fourth-order valence-corrected chi connectivity index (χ4v) is 3.24. The van der Waals surface area contributed by atoms with Crippen LogP contribution in [-0.4, -0.2) is 85.7 Å². The first-order valence-electron chi connectivity index (χ1n) is 8.41. The van der Waals surface area contributed by atoms with Crippen molar-refractivity contribution in [3.8, 4) is 0 Å². The fourth-order valence-electron chi connectivity index (χ4n) is 3.24. The number of morpholine rings is 1. The molecule has 2 rings (SSSR count). The molecule has 2 saturated heterocycles. The number of rotatable bonds is 4. The van der Waals surface area contributed by atoms with Crippen molar-refractivity contribution in [2.45, 2.75) is 33.2 Å². The molecule has 0 aromatic heterocycles. The second-order valence-electron chi connectivity index (χ2n) is 6.62. The van der Waals surface area contributed by atoms with E-state index in [2.05, 4.69) is 35.5 Å². The first-order chi connectivity index (χ1) is 10.1. The van der Waals surface area contributed by atoms with Crippen LogP contribution >= 0.6 is 0 Å². The molecule has 0 aliphatic carbocycles. The molecule has 2 aliphatic heterocycles. The van der Waals surface area contributed by atoms with Gasteiger partial charge in [-0.15, -0.1) is 0 Å². The van der Waals surface area contributed by atoms with Crippen molar-refractivity contribution in [1.29, 1.82) is 0 Å². The van der Waals surface area contributed by atoms with Gasteiger partial charge in [-0.3, -0.25) is 14.6 Å². The minimum Gasteiger partial charge on any atom is -0.379 e. The van der Waals surface area contributed by atoms with Crippen LogP contribution in [0.3, 0.4) is 0 Å². The van der Waals surface area contributed by atoms with Gasteiger partial charge >= 0.3 is 0 Å². The summed E-state index contributed by atoms with van der Waals surface area (Å²) in [5.41, 5.74) is 0. The van der Waals surface area contributed by atoms with Gasteiger partial charge in [-0.2, -0.15) is 0 Å². The normalized spacial score (nSPS) is 24.1. The number of carbonyl (C=O) groups is 1. The summed E-state index contributed by atoms with van der Waals surface area (Å²) in [4.78, 5) is 19.6. The molecule has 2 fully saturated rings. The lowest BCUT2D eigenvalue weighted by molar-refractivity contribution is -0.135. The molecular formula is C16H31N3O2. The Hall–Kier alpha value is -0.650. The molecule has 0 spiro atoms. The number of nitrogens with zero attached hydrogens (tertiary/aromatic N) is 3. The smallest absolute Gasteiger partial charge is 0.226 e. The summed E-state index contributed by atoms with van der Waals surface area (Å²) < 4.78 is 5.37. The first kappa shape index (κ1) is 16.7. The quantitative estimate of drug-likeness (QED) is 0.772. The maximum absolute atomic E-state index is 12.7. The standard InChI is InChI=1S/C16H31N3O2/c1-14(2)18-5-4-6-19(8-7-18)16(20)15(3)13-17-9-11-21-12-10-17/h14-15H,4-13H2,1-3H3. The molecule has 122 valence electrons. The van der Waals surface area contributed by atoms with Crippen LogP contribution in [0.15, 0.2) is 0 Å². The number of hydrogen-bond donors (Lipinski definition) is 0. The third-order valence-corrected chi connectivity index (χ3v) is 4.63. The van der Waals surface area contributed by atoms with Crippen molar-refractivity contribution in [3.63, 3.8) is 0 Å². The molecule has 0 aromatic rings. The Balaban J connectivity index is 1.81. The van der Waals surface area contributed by atoms with Gasteiger partial charge < -0.3 is 9.64 Å². The van der Waals surface area contributed by atoms with E-state index in [1.165, 1.54) is 0 Å². The van der Waals surface area contributed by atoms with Crippen LogP contribution in [0.4, 0.5) is 0 Å². The van der Waals surface area contributed by atoms with Crippen LogP contribution in [0, 0.1) is 5.92 Å². The second kappa shape index (κ2) is 8.11. The van der Waals surface area contributed by atoms with E-state index in [1.807, 2.05) is 0 Å². The van der Waals surface area contributed by atoms with Crippen LogP contribution < -0.4 is 0 Å². The first-order valence-corrected chi connectivity index (χ1v) is 8.41. The van der Waals surface area contributed by atoms with Gasteiger partial charge in [0, 0.05) is 57.8 Å². The average molecular weight is 297 g/mol. The number of ether oxygens (including phenoxy) is 1. The summed E-state index contributed by atoms with van der Waals surface area (Å²) in [6.45, 7) is 14.8. The Labute approximate surface area is 129 Å². The Morgan fingerprint density at radius 1 is 1.00 bits per heavy atom. The number of carbonyl (C=O) groups excluding carboxylic acids is 1. The minimum absolute atomic E-state index is 0.0914. The molecule has 5 nitrogen and oxygen atoms in total. The van der Waals surface area contributed by atoms with E-state index in [1.54, 1.807) is 0 Å². The predicted molar refractivity (Wildman–Crippen MR) is 84.3 cm³/mol. The molecule has 0 N–H and O–H groups in total. The van der Waals surface area contributed by atoms with Crippen LogP contribution in [0.25, 0.3) is 0 Å². The molecule has 2 aliphatic rings. The van der Waals surface area contributed by atoms with Crippen molar-refractivity contribution >= 4 is 5.91 Å². The third-order valence-electron chi connectivity index (χ3n) is 4.63. The summed E-state index contributed by atoms with van der Waals surface area (Å²) in [7, 11) is 0. The minimum atomic E-state index is 0.0914. The highest BCUT2D eigenvalue weighted by Crippen LogP contribution is 2.12. The molecule has 0 aromatic carbocycles. The van der Waals surface area contributed by atoms with Gasteiger partial charge in [0.1, 0.15) is 0 Å². The Morgan fingerprint density at radius 2 is 1.71 bits per heavy atom. The number of hydrogen-bond acceptors (Lipinski definition) is 4. The lowest BCUT2D eigenvalue weighted by Crippen LogP contribution is -2.45. The Morgan fingerprint density at radius 3 is 2.38 bits per heavy atom.